The summed E-state index contributed by atoms with van der Waals surface area (Å²) in [7, 11) is 3.55. The molecule has 0 amide bonds. The summed E-state index contributed by atoms with van der Waals surface area (Å²) in [5.41, 5.74) is 2.66. The van der Waals surface area contributed by atoms with Crippen LogP contribution in [0.5, 0.6) is 17.2 Å². The van der Waals surface area contributed by atoms with Gasteiger partial charge in [0.15, 0.2) is 5.76 Å². The van der Waals surface area contributed by atoms with E-state index >= 15 is 0 Å². The normalized spacial score (nSPS) is 13.8. The number of rotatable bonds is 4. The van der Waals surface area contributed by atoms with Gasteiger partial charge in [-0.3, -0.25) is 4.79 Å². The molecule has 4 aromatic rings. The SMILES string of the molecule is COc1ccc2c(c1)c(/C=C1\Oc3cc(OC(=O)c4ccccc4Br)ccc3C1=O)cn2C. The molecule has 0 N–H and O–H groups in total. The largest absolute Gasteiger partial charge is 0.497 e. The molecule has 0 aliphatic carbocycles. The Morgan fingerprint density at radius 3 is 2.64 bits per heavy atom. The van der Waals surface area contributed by atoms with Gasteiger partial charge in [0.05, 0.1) is 18.2 Å². The van der Waals surface area contributed by atoms with Crippen molar-refractivity contribution in [2.75, 3.05) is 7.11 Å². The summed E-state index contributed by atoms with van der Waals surface area (Å²) in [6.45, 7) is 0. The molecule has 1 aliphatic rings. The zero-order valence-corrected chi connectivity index (χ0v) is 19.4. The number of fused-ring (bicyclic) bond motifs is 2. The van der Waals surface area contributed by atoms with E-state index in [-0.39, 0.29) is 11.5 Å². The minimum absolute atomic E-state index is 0.203. The van der Waals surface area contributed by atoms with Crippen molar-refractivity contribution >= 4 is 44.7 Å². The zero-order chi connectivity index (χ0) is 23.1. The molecule has 1 aliphatic heterocycles. The molecule has 0 radical (unpaired) electrons. The van der Waals surface area contributed by atoms with Crippen molar-refractivity contribution in [1.82, 2.24) is 4.57 Å². The quantitative estimate of drug-likeness (QED) is 0.200. The van der Waals surface area contributed by atoms with Crippen LogP contribution in [0.25, 0.3) is 17.0 Å². The summed E-state index contributed by atoms with van der Waals surface area (Å²) in [5.74, 6) is 0.835. The molecule has 0 saturated carbocycles. The third-order valence-electron chi connectivity index (χ3n) is 5.46. The molecule has 0 unspecified atom stereocenters. The summed E-state index contributed by atoms with van der Waals surface area (Å²) in [6, 6.07) is 17.5. The molecule has 3 aromatic carbocycles. The van der Waals surface area contributed by atoms with Crippen LogP contribution in [0.15, 0.2) is 77.1 Å². The molecule has 0 fully saturated rings. The fraction of sp³-hybridized carbons (Fsp3) is 0.0769. The lowest BCUT2D eigenvalue weighted by atomic mass is 10.1. The fourth-order valence-electron chi connectivity index (χ4n) is 3.80. The highest BCUT2D eigenvalue weighted by atomic mass is 79.9. The highest BCUT2D eigenvalue weighted by Gasteiger charge is 2.28. The number of aryl methyl sites for hydroxylation is 1. The molecule has 6 nitrogen and oxygen atoms in total. The van der Waals surface area contributed by atoms with Crippen molar-refractivity contribution in [3.8, 4) is 17.2 Å². The molecule has 164 valence electrons. The van der Waals surface area contributed by atoms with Gasteiger partial charge in [-0.05, 0) is 64.5 Å². The predicted octanol–water partition coefficient (Wildman–Crippen LogP) is 5.78. The van der Waals surface area contributed by atoms with Crippen molar-refractivity contribution in [1.29, 1.82) is 0 Å². The van der Waals surface area contributed by atoms with Crippen molar-refractivity contribution < 1.29 is 23.8 Å². The number of allylic oxidation sites excluding steroid dienone is 1. The van der Waals surface area contributed by atoms with Crippen LogP contribution in [0.2, 0.25) is 0 Å². The Morgan fingerprint density at radius 1 is 1.06 bits per heavy atom. The van der Waals surface area contributed by atoms with Gasteiger partial charge < -0.3 is 18.8 Å². The number of methoxy groups -OCH3 is 1. The number of hydrogen-bond acceptors (Lipinski definition) is 5. The molecular formula is C26H18BrNO5. The van der Waals surface area contributed by atoms with Gasteiger partial charge in [-0.1, -0.05) is 12.1 Å². The minimum Gasteiger partial charge on any atom is -0.497 e. The molecule has 33 heavy (non-hydrogen) atoms. The number of carbonyl (C=O) groups is 2. The first-order valence-electron chi connectivity index (χ1n) is 10.1. The lowest BCUT2D eigenvalue weighted by Crippen LogP contribution is -2.09. The van der Waals surface area contributed by atoms with Crippen LogP contribution >= 0.6 is 15.9 Å². The molecule has 0 atom stereocenters. The summed E-state index contributed by atoms with van der Waals surface area (Å²) >= 11 is 3.35. The van der Waals surface area contributed by atoms with Gasteiger partial charge in [-0.25, -0.2) is 4.79 Å². The third kappa shape index (κ3) is 3.81. The average Bonchev–Trinajstić information content (AvgIpc) is 3.29. The van der Waals surface area contributed by atoms with Gasteiger partial charge in [0, 0.05) is 40.2 Å². The molecule has 0 bridgehead atoms. The number of Topliss-reactive ketones (excluding diaryl/α,β-unsaturated/α-hetero) is 1. The van der Waals surface area contributed by atoms with Crippen LogP contribution in [0.1, 0.15) is 26.3 Å². The standard InChI is InChI=1S/C26H18BrNO5/c1-28-14-15(20-12-16(31-2)8-10-22(20)28)11-24-25(29)19-9-7-17(13-23(19)33-24)32-26(30)18-5-3-4-6-21(18)27/h3-14H,1-2H3/b24-11-. The Balaban J connectivity index is 1.44. The van der Waals surface area contributed by atoms with E-state index in [1.54, 1.807) is 49.6 Å². The van der Waals surface area contributed by atoms with Crippen molar-refractivity contribution in [2.45, 2.75) is 0 Å². The predicted molar refractivity (Wildman–Crippen MR) is 128 cm³/mol. The second-order valence-electron chi connectivity index (χ2n) is 7.55. The van der Waals surface area contributed by atoms with E-state index in [2.05, 4.69) is 15.9 Å². The zero-order valence-electron chi connectivity index (χ0n) is 17.8. The van der Waals surface area contributed by atoms with Crippen LogP contribution in [-0.2, 0) is 7.05 Å². The van der Waals surface area contributed by atoms with Gasteiger partial charge in [-0.2, -0.15) is 0 Å². The van der Waals surface area contributed by atoms with Crippen LogP contribution in [0.4, 0.5) is 0 Å². The van der Waals surface area contributed by atoms with E-state index in [4.69, 9.17) is 14.2 Å². The van der Waals surface area contributed by atoms with E-state index in [9.17, 15) is 9.59 Å². The molecule has 2 heterocycles. The Hall–Kier alpha value is -3.84. The number of esters is 1. The number of benzene rings is 3. The first-order valence-corrected chi connectivity index (χ1v) is 10.9. The second kappa shape index (κ2) is 8.26. The molecule has 1 aromatic heterocycles. The maximum Gasteiger partial charge on any atom is 0.344 e. The Bertz CT molecular complexity index is 1470. The molecular weight excluding hydrogens is 486 g/mol. The first-order chi connectivity index (χ1) is 15.9. The lowest BCUT2D eigenvalue weighted by molar-refractivity contribution is 0.0733. The third-order valence-corrected chi connectivity index (χ3v) is 6.15. The van der Waals surface area contributed by atoms with E-state index in [1.165, 1.54) is 0 Å². The minimum atomic E-state index is -0.507. The van der Waals surface area contributed by atoms with Crippen LogP contribution in [0, 0.1) is 0 Å². The smallest absolute Gasteiger partial charge is 0.344 e. The van der Waals surface area contributed by atoms with Gasteiger partial charge in [0.1, 0.15) is 17.2 Å². The Kier molecular flexibility index (Phi) is 5.26. The van der Waals surface area contributed by atoms with Crippen molar-refractivity contribution in [3.05, 3.63) is 93.8 Å². The van der Waals surface area contributed by atoms with Crippen LogP contribution in [-0.4, -0.2) is 23.4 Å². The van der Waals surface area contributed by atoms with Gasteiger partial charge in [0.2, 0.25) is 5.78 Å². The Labute approximate surface area is 198 Å². The number of halogens is 1. The highest BCUT2D eigenvalue weighted by Crippen LogP contribution is 2.36. The summed E-state index contributed by atoms with van der Waals surface area (Å²) < 4.78 is 19.3. The number of carbonyl (C=O) groups excluding carboxylic acids is 2. The van der Waals surface area contributed by atoms with E-state index in [1.807, 2.05) is 42.1 Å². The fourth-order valence-corrected chi connectivity index (χ4v) is 4.25. The molecule has 5 rings (SSSR count). The van der Waals surface area contributed by atoms with Crippen LogP contribution < -0.4 is 14.2 Å². The summed E-state index contributed by atoms with van der Waals surface area (Å²) in [5, 5.41) is 0.944. The average molecular weight is 504 g/mol. The van der Waals surface area contributed by atoms with Gasteiger partial charge in [0.25, 0.3) is 0 Å². The van der Waals surface area contributed by atoms with Gasteiger partial charge in [-0.15, -0.1) is 0 Å². The van der Waals surface area contributed by atoms with E-state index < -0.39 is 5.97 Å². The van der Waals surface area contributed by atoms with Crippen molar-refractivity contribution in [2.24, 2.45) is 7.05 Å². The van der Waals surface area contributed by atoms with Gasteiger partial charge >= 0.3 is 5.97 Å². The lowest BCUT2D eigenvalue weighted by Gasteiger charge is -2.06. The number of hydrogen-bond donors (Lipinski definition) is 0. The number of nitrogens with zero attached hydrogens (tertiary/aromatic N) is 1. The Morgan fingerprint density at radius 2 is 1.85 bits per heavy atom. The summed E-state index contributed by atoms with van der Waals surface area (Å²) in [4.78, 5) is 25.4. The second-order valence-corrected chi connectivity index (χ2v) is 8.40. The number of ketones is 1. The molecule has 7 heteroatoms. The number of aromatic nitrogens is 1. The van der Waals surface area contributed by atoms with Crippen LogP contribution in [0.3, 0.4) is 0 Å². The first kappa shape index (κ1) is 21.0. The molecule has 0 saturated heterocycles. The van der Waals surface area contributed by atoms with E-state index in [0.717, 1.165) is 22.2 Å². The maximum atomic E-state index is 12.9. The summed E-state index contributed by atoms with van der Waals surface area (Å²) in [6.07, 6.45) is 3.65. The number of ether oxygens (including phenoxy) is 3. The molecule has 0 spiro atoms. The highest BCUT2D eigenvalue weighted by molar-refractivity contribution is 9.10. The monoisotopic (exact) mass is 503 g/mol. The topological polar surface area (TPSA) is 66.8 Å². The maximum absolute atomic E-state index is 12.9. The van der Waals surface area contributed by atoms with Crippen molar-refractivity contribution in [3.63, 3.8) is 0 Å². The van der Waals surface area contributed by atoms with E-state index in [0.29, 0.717) is 27.1 Å².